The fourth-order valence-corrected chi connectivity index (χ4v) is 1.99. The summed E-state index contributed by atoms with van der Waals surface area (Å²) in [7, 11) is 1.58. The van der Waals surface area contributed by atoms with Crippen molar-refractivity contribution >= 4 is 21.7 Å². The molecule has 1 rings (SSSR count). The van der Waals surface area contributed by atoms with E-state index < -0.39 is 0 Å². The van der Waals surface area contributed by atoms with Gasteiger partial charge in [-0.1, -0.05) is 6.92 Å². The van der Waals surface area contributed by atoms with Crippen molar-refractivity contribution in [2.45, 2.75) is 13.3 Å². The Balaban J connectivity index is 2.35. The number of carbonyl (C=O) groups is 1. The fourth-order valence-electron chi connectivity index (χ4n) is 1.45. The van der Waals surface area contributed by atoms with Crippen molar-refractivity contribution in [1.29, 1.82) is 0 Å². The van der Waals surface area contributed by atoms with Gasteiger partial charge in [0.25, 0.3) is 0 Å². The lowest BCUT2D eigenvalue weighted by Gasteiger charge is -2.07. The standard InChI is InChI=1S/C14H19BrO4/c1-3-6-18-7-8-19-10-13(16)11-4-5-14(17-2)12(15)9-11/h4-5,9H,3,6-8,10H2,1-2H3. The second-order valence-electron chi connectivity index (χ2n) is 3.94. The van der Waals surface area contributed by atoms with Crippen LogP contribution in [0, 0.1) is 0 Å². The van der Waals surface area contributed by atoms with Crippen LogP contribution in [0.4, 0.5) is 0 Å². The molecule has 1 aromatic carbocycles. The minimum absolute atomic E-state index is 0.0566. The molecule has 5 heteroatoms. The van der Waals surface area contributed by atoms with E-state index >= 15 is 0 Å². The molecule has 0 atom stereocenters. The van der Waals surface area contributed by atoms with Crippen molar-refractivity contribution in [1.82, 2.24) is 0 Å². The van der Waals surface area contributed by atoms with Gasteiger partial charge < -0.3 is 14.2 Å². The van der Waals surface area contributed by atoms with Gasteiger partial charge in [0.1, 0.15) is 12.4 Å². The summed E-state index contributed by atoms with van der Waals surface area (Å²) >= 11 is 3.35. The van der Waals surface area contributed by atoms with Crippen molar-refractivity contribution in [2.75, 3.05) is 33.5 Å². The van der Waals surface area contributed by atoms with Gasteiger partial charge in [-0.3, -0.25) is 4.79 Å². The van der Waals surface area contributed by atoms with Crippen LogP contribution in [0.25, 0.3) is 0 Å². The Bertz CT molecular complexity index is 406. The van der Waals surface area contributed by atoms with Crippen LogP contribution >= 0.6 is 15.9 Å². The minimum Gasteiger partial charge on any atom is -0.496 e. The highest BCUT2D eigenvalue weighted by atomic mass is 79.9. The molecule has 0 aliphatic heterocycles. The van der Waals surface area contributed by atoms with Gasteiger partial charge in [0.15, 0.2) is 5.78 Å². The van der Waals surface area contributed by atoms with Gasteiger partial charge in [0.2, 0.25) is 0 Å². The number of ketones is 1. The summed E-state index contributed by atoms with van der Waals surface area (Å²) in [4.78, 5) is 11.9. The molecule has 0 amide bonds. The van der Waals surface area contributed by atoms with Crippen LogP contribution in [-0.4, -0.2) is 39.3 Å². The Morgan fingerprint density at radius 1 is 1.21 bits per heavy atom. The monoisotopic (exact) mass is 330 g/mol. The molecule has 0 radical (unpaired) electrons. The average Bonchev–Trinajstić information content (AvgIpc) is 2.42. The maximum atomic E-state index is 11.9. The molecule has 0 bridgehead atoms. The number of methoxy groups -OCH3 is 1. The molecule has 106 valence electrons. The number of hydrogen-bond donors (Lipinski definition) is 0. The minimum atomic E-state index is -0.0566. The topological polar surface area (TPSA) is 44.8 Å². The molecule has 0 aromatic heterocycles. The number of halogens is 1. The molecule has 1 aromatic rings. The summed E-state index contributed by atoms with van der Waals surface area (Å²) in [6, 6.07) is 5.21. The van der Waals surface area contributed by atoms with E-state index in [9.17, 15) is 4.79 Å². The van der Waals surface area contributed by atoms with Crippen LogP contribution in [0.1, 0.15) is 23.7 Å². The van der Waals surface area contributed by atoms with Crippen LogP contribution in [-0.2, 0) is 9.47 Å². The number of Topliss-reactive ketones (excluding diaryl/α,β-unsaturated/α-hetero) is 1. The Kier molecular flexibility index (Phi) is 7.70. The van der Waals surface area contributed by atoms with Crippen LogP contribution in [0.3, 0.4) is 0 Å². The molecule has 0 aliphatic rings. The van der Waals surface area contributed by atoms with E-state index in [1.807, 2.05) is 6.92 Å². The van der Waals surface area contributed by atoms with E-state index in [-0.39, 0.29) is 12.4 Å². The lowest BCUT2D eigenvalue weighted by atomic mass is 10.1. The molecule has 4 nitrogen and oxygen atoms in total. The van der Waals surface area contributed by atoms with Gasteiger partial charge in [0, 0.05) is 12.2 Å². The second kappa shape index (κ2) is 9.07. The third-order valence-corrected chi connectivity index (χ3v) is 3.05. The van der Waals surface area contributed by atoms with Crippen LogP contribution in [0.2, 0.25) is 0 Å². The van der Waals surface area contributed by atoms with Crippen LogP contribution in [0.15, 0.2) is 22.7 Å². The van der Waals surface area contributed by atoms with E-state index in [4.69, 9.17) is 14.2 Å². The zero-order valence-electron chi connectivity index (χ0n) is 11.3. The molecule has 19 heavy (non-hydrogen) atoms. The van der Waals surface area contributed by atoms with E-state index in [0.29, 0.717) is 24.5 Å². The Morgan fingerprint density at radius 2 is 1.95 bits per heavy atom. The molecule has 0 N–H and O–H groups in total. The van der Waals surface area contributed by atoms with Crippen LogP contribution in [0.5, 0.6) is 5.75 Å². The van der Waals surface area contributed by atoms with Gasteiger partial charge in [-0.05, 0) is 40.5 Å². The molecule has 0 heterocycles. The summed E-state index contributed by atoms with van der Waals surface area (Å²) in [6.07, 6.45) is 0.985. The maximum Gasteiger partial charge on any atom is 0.188 e. The Hall–Kier alpha value is -0.910. The number of ether oxygens (including phenoxy) is 3. The van der Waals surface area contributed by atoms with Crippen molar-refractivity contribution in [3.05, 3.63) is 28.2 Å². The zero-order valence-corrected chi connectivity index (χ0v) is 12.9. The highest BCUT2D eigenvalue weighted by molar-refractivity contribution is 9.10. The molecule has 0 spiro atoms. The number of rotatable bonds is 9. The van der Waals surface area contributed by atoms with Crippen LogP contribution < -0.4 is 4.74 Å². The molecule has 0 saturated heterocycles. The highest BCUT2D eigenvalue weighted by Crippen LogP contribution is 2.25. The Labute approximate surface area is 122 Å². The van der Waals surface area contributed by atoms with E-state index in [0.717, 1.165) is 17.5 Å². The molecular weight excluding hydrogens is 312 g/mol. The second-order valence-corrected chi connectivity index (χ2v) is 4.79. The summed E-state index contributed by atoms with van der Waals surface area (Å²) in [5.41, 5.74) is 0.599. The smallest absolute Gasteiger partial charge is 0.188 e. The molecule has 0 fully saturated rings. The highest BCUT2D eigenvalue weighted by Gasteiger charge is 2.09. The first-order chi connectivity index (χ1) is 9.19. The number of carbonyl (C=O) groups excluding carboxylic acids is 1. The average molecular weight is 331 g/mol. The first kappa shape index (κ1) is 16.1. The quantitative estimate of drug-likeness (QED) is 0.515. The van der Waals surface area contributed by atoms with Gasteiger partial charge in [0.05, 0.1) is 24.8 Å². The van der Waals surface area contributed by atoms with E-state index in [2.05, 4.69) is 15.9 Å². The lowest BCUT2D eigenvalue weighted by Crippen LogP contribution is -2.13. The first-order valence-electron chi connectivity index (χ1n) is 6.21. The van der Waals surface area contributed by atoms with E-state index in [1.54, 1.807) is 25.3 Å². The van der Waals surface area contributed by atoms with Gasteiger partial charge in [-0.25, -0.2) is 0 Å². The summed E-state index contributed by atoms with van der Waals surface area (Å²) < 4.78 is 16.4. The van der Waals surface area contributed by atoms with E-state index in [1.165, 1.54) is 0 Å². The van der Waals surface area contributed by atoms with Crippen molar-refractivity contribution in [3.8, 4) is 5.75 Å². The lowest BCUT2D eigenvalue weighted by molar-refractivity contribution is 0.0441. The van der Waals surface area contributed by atoms with Crippen molar-refractivity contribution in [3.63, 3.8) is 0 Å². The van der Waals surface area contributed by atoms with Gasteiger partial charge in [-0.15, -0.1) is 0 Å². The Morgan fingerprint density at radius 3 is 2.58 bits per heavy atom. The summed E-state index contributed by atoms with van der Waals surface area (Å²) in [5, 5.41) is 0. The first-order valence-corrected chi connectivity index (χ1v) is 7.00. The molecule has 0 aliphatic carbocycles. The van der Waals surface area contributed by atoms with Gasteiger partial charge in [-0.2, -0.15) is 0 Å². The number of benzene rings is 1. The third-order valence-electron chi connectivity index (χ3n) is 2.43. The largest absolute Gasteiger partial charge is 0.496 e. The van der Waals surface area contributed by atoms with Crippen molar-refractivity contribution < 1.29 is 19.0 Å². The predicted octanol–water partition coefficient (Wildman–Crippen LogP) is 3.08. The maximum absolute atomic E-state index is 11.9. The molecule has 0 unspecified atom stereocenters. The number of hydrogen-bond acceptors (Lipinski definition) is 4. The molecule has 0 saturated carbocycles. The third kappa shape index (κ3) is 5.72. The summed E-state index contributed by atoms with van der Waals surface area (Å²) in [6.45, 7) is 3.79. The predicted molar refractivity (Wildman–Crippen MR) is 77.0 cm³/mol. The zero-order chi connectivity index (χ0) is 14.1. The molecular formula is C14H19BrO4. The fraction of sp³-hybridized carbons (Fsp3) is 0.500. The van der Waals surface area contributed by atoms with Gasteiger partial charge >= 0.3 is 0 Å². The van der Waals surface area contributed by atoms with Crippen molar-refractivity contribution in [2.24, 2.45) is 0 Å². The SMILES string of the molecule is CCCOCCOCC(=O)c1ccc(OC)c(Br)c1. The summed E-state index contributed by atoms with van der Waals surface area (Å²) in [5.74, 6) is 0.643. The normalized spacial score (nSPS) is 10.5.